The summed E-state index contributed by atoms with van der Waals surface area (Å²) >= 11 is 0. The van der Waals surface area contributed by atoms with E-state index in [-0.39, 0.29) is 17.9 Å². The number of carbonyl (C=O) groups is 1. The molecular weight excluding hydrogens is 378 g/mol. The molecule has 0 aliphatic carbocycles. The zero-order valence-electron chi connectivity index (χ0n) is 17.9. The van der Waals surface area contributed by atoms with E-state index in [4.69, 9.17) is 11.5 Å². The van der Waals surface area contributed by atoms with Crippen LogP contribution < -0.4 is 22.1 Å². The minimum absolute atomic E-state index is 0.117. The highest BCUT2D eigenvalue weighted by molar-refractivity contribution is 5.79. The molecule has 8 heteroatoms. The van der Waals surface area contributed by atoms with Gasteiger partial charge < -0.3 is 27.0 Å². The molecule has 3 rings (SSSR count). The molecule has 0 saturated carbocycles. The first kappa shape index (κ1) is 21.4. The number of hydrogen-bond acceptors (Lipinski definition) is 7. The fraction of sp³-hybridized carbons (Fsp3) is 0.409. The molecule has 6 N–H and O–H groups in total. The Labute approximate surface area is 177 Å². The van der Waals surface area contributed by atoms with Gasteiger partial charge in [0.25, 0.3) is 0 Å². The number of likely N-dealkylation sites (tertiary alicyclic amines) is 1. The first-order chi connectivity index (χ1) is 14.4. The minimum atomic E-state index is 0.117. The number of piperidine rings is 1. The number of fused-ring (bicyclic) bond motifs is 1. The van der Waals surface area contributed by atoms with E-state index in [0.29, 0.717) is 18.2 Å². The van der Waals surface area contributed by atoms with Gasteiger partial charge in [-0.1, -0.05) is 13.8 Å². The van der Waals surface area contributed by atoms with Crippen molar-refractivity contribution in [2.24, 2.45) is 17.4 Å². The van der Waals surface area contributed by atoms with Crippen LogP contribution in [-0.2, 0) is 4.79 Å². The largest absolute Gasteiger partial charge is 0.404 e. The first-order valence-electron chi connectivity index (χ1n) is 10.3. The average molecular weight is 410 g/mol. The van der Waals surface area contributed by atoms with Crippen molar-refractivity contribution in [2.45, 2.75) is 39.7 Å². The lowest BCUT2D eigenvalue weighted by Crippen LogP contribution is -2.44. The Kier molecular flexibility index (Phi) is 6.76. The Hall–Kier alpha value is -3.29. The Morgan fingerprint density at radius 1 is 1.33 bits per heavy atom. The molecule has 1 aliphatic rings. The molecule has 1 atom stereocenters. The number of allylic oxidation sites excluding steroid dienone is 2. The third kappa shape index (κ3) is 5.40. The van der Waals surface area contributed by atoms with E-state index in [1.165, 1.54) is 0 Å². The molecule has 1 fully saturated rings. The molecule has 0 spiro atoms. The van der Waals surface area contributed by atoms with Crippen LogP contribution in [0.25, 0.3) is 11.0 Å². The Balaban J connectivity index is 1.74. The van der Waals surface area contributed by atoms with Gasteiger partial charge in [-0.2, -0.15) is 0 Å². The number of nitrogens with zero attached hydrogens (tertiary/aromatic N) is 3. The predicted octanol–water partition coefficient (Wildman–Crippen LogP) is 2.76. The summed E-state index contributed by atoms with van der Waals surface area (Å²) in [5, 5.41) is 6.60. The third-order valence-electron chi connectivity index (χ3n) is 5.23. The molecule has 1 unspecified atom stereocenters. The zero-order chi connectivity index (χ0) is 21.7. The molecule has 3 heterocycles. The van der Waals surface area contributed by atoms with Crippen LogP contribution in [0, 0.1) is 5.92 Å². The smallest absolute Gasteiger partial charge is 0.219 e. The first-order valence-corrected chi connectivity index (χ1v) is 10.3. The second-order valence-corrected chi connectivity index (χ2v) is 7.95. The van der Waals surface area contributed by atoms with Gasteiger partial charge in [-0.15, -0.1) is 0 Å². The van der Waals surface area contributed by atoms with Crippen LogP contribution in [-0.4, -0.2) is 39.9 Å². The summed E-state index contributed by atoms with van der Waals surface area (Å²) in [5.74, 6) is 1.50. The summed E-state index contributed by atoms with van der Waals surface area (Å²) in [4.78, 5) is 22.7. The molecule has 1 aliphatic heterocycles. The van der Waals surface area contributed by atoms with Crippen molar-refractivity contribution in [3.8, 4) is 0 Å². The highest BCUT2D eigenvalue weighted by Gasteiger charge is 2.21. The molecule has 1 amide bonds. The number of pyridine rings is 2. The van der Waals surface area contributed by atoms with Gasteiger partial charge in [0.1, 0.15) is 11.6 Å². The van der Waals surface area contributed by atoms with Crippen molar-refractivity contribution in [1.82, 2.24) is 14.9 Å². The van der Waals surface area contributed by atoms with Gasteiger partial charge in [-0.05, 0) is 54.8 Å². The van der Waals surface area contributed by atoms with Gasteiger partial charge in [0.15, 0.2) is 0 Å². The van der Waals surface area contributed by atoms with Crippen LogP contribution in [0.1, 0.15) is 33.6 Å². The van der Waals surface area contributed by atoms with E-state index in [1.807, 2.05) is 29.2 Å². The summed E-state index contributed by atoms with van der Waals surface area (Å²) < 4.78 is 0. The number of rotatable bonds is 6. The SMILES string of the molecule is CC(=O)N1CCCC(Nc2cnc3ccc(N/C(N)=C/C(=C\N)C(C)C)nc3c2)C1. The second-order valence-electron chi connectivity index (χ2n) is 7.95. The average Bonchev–Trinajstić information content (AvgIpc) is 2.71. The van der Waals surface area contributed by atoms with Gasteiger partial charge in [-0.25, -0.2) is 4.98 Å². The Bertz CT molecular complexity index is 967. The molecule has 0 bridgehead atoms. The van der Waals surface area contributed by atoms with Crippen molar-refractivity contribution in [1.29, 1.82) is 0 Å². The van der Waals surface area contributed by atoms with Crippen LogP contribution in [0.4, 0.5) is 11.5 Å². The van der Waals surface area contributed by atoms with E-state index in [0.717, 1.165) is 41.7 Å². The van der Waals surface area contributed by atoms with E-state index in [2.05, 4.69) is 34.4 Å². The van der Waals surface area contributed by atoms with E-state index in [9.17, 15) is 4.79 Å². The van der Waals surface area contributed by atoms with Crippen LogP contribution in [0.15, 0.2) is 48.1 Å². The molecule has 30 heavy (non-hydrogen) atoms. The van der Waals surface area contributed by atoms with Gasteiger partial charge in [-0.3, -0.25) is 9.78 Å². The highest BCUT2D eigenvalue weighted by Crippen LogP contribution is 2.21. The van der Waals surface area contributed by atoms with Crippen molar-refractivity contribution >= 4 is 28.4 Å². The molecule has 2 aromatic heterocycles. The second kappa shape index (κ2) is 9.47. The fourth-order valence-corrected chi connectivity index (χ4v) is 3.54. The summed E-state index contributed by atoms with van der Waals surface area (Å²) in [6, 6.07) is 5.93. The standard InChI is InChI=1S/C22H31N7O/c1-14(2)16(11-23)9-21(24)28-22-7-6-19-20(27-22)10-18(12-25-19)26-17-5-4-8-29(13-17)15(3)30/h6-7,9-12,14,17,26H,4-5,8,13,23-24H2,1-3H3,(H,27,28)/b16-11+,21-9+. The van der Waals surface area contributed by atoms with E-state index in [1.54, 1.807) is 19.3 Å². The molecule has 0 radical (unpaired) electrons. The van der Waals surface area contributed by atoms with E-state index >= 15 is 0 Å². The molecule has 8 nitrogen and oxygen atoms in total. The zero-order valence-corrected chi connectivity index (χ0v) is 17.9. The number of aromatic nitrogens is 2. The number of carbonyl (C=O) groups excluding carboxylic acids is 1. The lowest BCUT2D eigenvalue weighted by atomic mass is 10.0. The number of nitrogens with two attached hydrogens (primary N) is 2. The van der Waals surface area contributed by atoms with Crippen molar-refractivity contribution in [2.75, 3.05) is 23.7 Å². The molecular formula is C22H31N7O. The number of nitrogens with one attached hydrogen (secondary N) is 2. The van der Waals surface area contributed by atoms with E-state index < -0.39 is 0 Å². The third-order valence-corrected chi connectivity index (χ3v) is 5.23. The summed E-state index contributed by atoms with van der Waals surface area (Å²) in [5.41, 5.74) is 15.2. The fourth-order valence-electron chi connectivity index (χ4n) is 3.54. The van der Waals surface area contributed by atoms with Gasteiger partial charge >= 0.3 is 0 Å². The highest BCUT2D eigenvalue weighted by atomic mass is 16.2. The summed E-state index contributed by atoms with van der Waals surface area (Å²) in [6.07, 6.45) is 7.19. The molecule has 2 aromatic rings. The lowest BCUT2D eigenvalue weighted by Gasteiger charge is -2.33. The van der Waals surface area contributed by atoms with Gasteiger partial charge in [0, 0.05) is 26.1 Å². The topological polar surface area (TPSA) is 122 Å². The number of amides is 1. The molecule has 160 valence electrons. The van der Waals surface area contributed by atoms with Crippen molar-refractivity contribution < 1.29 is 4.79 Å². The van der Waals surface area contributed by atoms with Crippen LogP contribution in [0.5, 0.6) is 0 Å². The maximum absolute atomic E-state index is 11.7. The van der Waals surface area contributed by atoms with Crippen LogP contribution >= 0.6 is 0 Å². The lowest BCUT2D eigenvalue weighted by molar-refractivity contribution is -0.129. The molecule has 1 saturated heterocycles. The maximum Gasteiger partial charge on any atom is 0.219 e. The van der Waals surface area contributed by atoms with Gasteiger partial charge in [0.05, 0.1) is 22.9 Å². The number of hydrogen-bond donors (Lipinski definition) is 4. The predicted molar refractivity (Wildman–Crippen MR) is 121 cm³/mol. The normalized spacial score (nSPS) is 18.0. The van der Waals surface area contributed by atoms with Crippen molar-refractivity contribution in [3.05, 3.63) is 48.1 Å². The summed E-state index contributed by atoms with van der Waals surface area (Å²) in [7, 11) is 0. The quantitative estimate of drug-likeness (QED) is 0.541. The van der Waals surface area contributed by atoms with Crippen molar-refractivity contribution in [3.63, 3.8) is 0 Å². The Morgan fingerprint density at radius 3 is 2.83 bits per heavy atom. The monoisotopic (exact) mass is 409 g/mol. The van der Waals surface area contributed by atoms with Crippen LogP contribution in [0.2, 0.25) is 0 Å². The van der Waals surface area contributed by atoms with Gasteiger partial charge in [0.2, 0.25) is 5.91 Å². The Morgan fingerprint density at radius 2 is 2.13 bits per heavy atom. The molecule has 0 aromatic carbocycles. The maximum atomic E-state index is 11.7. The summed E-state index contributed by atoms with van der Waals surface area (Å²) in [6.45, 7) is 7.26. The number of anilines is 2. The van der Waals surface area contributed by atoms with Crippen LogP contribution in [0.3, 0.4) is 0 Å². The minimum Gasteiger partial charge on any atom is -0.404 e.